The van der Waals surface area contributed by atoms with Crippen molar-refractivity contribution in [3.8, 4) is 56.5 Å². The Kier molecular flexibility index (Phi) is 6.61. The third-order valence-electron chi connectivity index (χ3n) is 9.89. The van der Waals surface area contributed by atoms with E-state index in [0.29, 0.717) is 23.2 Å². The first-order chi connectivity index (χ1) is 24.8. The molecule has 0 amide bonds. The number of fused-ring (bicyclic) bond motifs is 9. The normalized spacial score (nSPS) is 13.3. The van der Waals surface area contributed by atoms with Gasteiger partial charge in [0.2, 0.25) is 0 Å². The van der Waals surface area contributed by atoms with E-state index in [0.717, 1.165) is 22.3 Å². The first-order valence-corrected chi connectivity index (χ1v) is 17.5. The molecule has 4 nitrogen and oxygen atoms in total. The van der Waals surface area contributed by atoms with Crippen LogP contribution in [0.1, 0.15) is 22.3 Å². The highest BCUT2D eigenvalue weighted by Crippen LogP contribution is 2.62. The van der Waals surface area contributed by atoms with E-state index in [4.69, 9.17) is 15.0 Å². The number of benzene rings is 6. The number of rotatable bonds is 4. The monoisotopic (exact) mass is 656 g/mol. The average molecular weight is 657 g/mol. The van der Waals surface area contributed by atoms with Crippen LogP contribution in [0.2, 0.25) is 0 Å². The minimum Gasteiger partial charge on any atom is -0.253 e. The van der Waals surface area contributed by atoms with Gasteiger partial charge in [0.15, 0.2) is 17.5 Å². The van der Waals surface area contributed by atoms with Crippen molar-refractivity contribution in [3.63, 3.8) is 0 Å². The van der Waals surface area contributed by atoms with Crippen molar-refractivity contribution in [2.24, 2.45) is 0 Å². The summed E-state index contributed by atoms with van der Waals surface area (Å²) < 4.78 is 0. The third kappa shape index (κ3) is 4.34. The summed E-state index contributed by atoms with van der Waals surface area (Å²) in [7, 11) is 0. The lowest BCUT2D eigenvalue weighted by Crippen LogP contribution is -2.31. The molecule has 1 spiro atoms. The lowest BCUT2D eigenvalue weighted by molar-refractivity contribution is 0.722. The molecule has 1 aliphatic carbocycles. The molecule has 0 fully saturated rings. The molecule has 5 heteroatoms. The molecule has 0 bridgehead atoms. The Morgan fingerprint density at radius 3 is 1.70 bits per heavy atom. The summed E-state index contributed by atoms with van der Waals surface area (Å²) in [6, 6.07) is 58.0. The standard InChI is InChI=1S/C45H28N4S/c1-2-14-29(15-3-1)42-47-43(49-44(48-42)39-23-12-13-27-46-39)34-19-5-4-16-31(34)30-25-26-38-41(28-30)50-40-24-11-10-22-37(40)45(38)35-20-8-6-17-32(35)33-18-7-9-21-36(33)45/h1-28H. The van der Waals surface area contributed by atoms with Crippen molar-refractivity contribution in [1.29, 1.82) is 0 Å². The van der Waals surface area contributed by atoms with E-state index < -0.39 is 5.41 Å². The maximum atomic E-state index is 5.06. The Bertz CT molecular complexity index is 2480. The second-order valence-corrected chi connectivity index (χ2v) is 13.7. The van der Waals surface area contributed by atoms with E-state index in [1.54, 1.807) is 6.20 Å². The van der Waals surface area contributed by atoms with Gasteiger partial charge in [-0.05, 0) is 68.8 Å². The Morgan fingerprint density at radius 1 is 0.380 bits per heavy atom. The lowest BCUT2D eigenvalue weighted by atomic mass is 9.67. The van der Waals surface area contributed by atoms with Gasteiger partial charge in [-0.3, -0.25) is 4.98 Å². The molecule has 0 unspecified atom stereocenters. The average Bonchev–Trinajstić information content (AvgIpc) is 3.49. The van der Waals surface area contributed by atoms with E-state index in [1.165, 1.54) is 43.2 Å². The van der Waals surface area contributed by atoms with Crippen molar-refractivity contribution in [1.82, 2.24) is 19.9 Å². The third-order valence-corrected chi connectivity index (χ3v) is 11.0. The fourth-order valence-electron chi connectivity index (χ4n) is 7.78. The zero-order chi connectivity index (χ0) is 33.1. The predicted molar refractivity (Wildman–Crippen MR) is 201 cm³/mol. The molecule has 3 heterocycles. The molecule has 50 heavy (non-hydrogen) atoms. The van der Waals surface area contributed by atoms with Gasteiger partial charge in [-0.15, -0.1) is 0 Å². The van der Waals surface area contributed by atoms with Crippen LogP contribution in [0, 0.1) is 0 Å². The lowest BCUT2D eigenvalue weighted by Gasteiger charge is -2.39. The number of aromatic nitrogens is 4. The second kappa shape index (κ2) is 11.5. The summed E-state index contributed by atoms with van der Waals surface area (Å²) in [5.74, 6) is 1.77. The minimum atomic E-state index is -0.404. The fraction of sp³-hybridized carbons (Fsp3) is 0.0222. The number of nitrogens with zero attached hydrogens (tertiary/aromatic N) is 4. The Balaban J connectivity index is 1.18. The molecule has 1 aliphatic heterocycles. The van der Waals surface area contributed by atoms with Crippen LogP contribution in [0.5, 0.6) is 0 Å². The smallest absolute Gasteiger partial charge is 0.182 e. The molecule has 0 saturated heterocycles. The highest BCUT2D eigenvalue weighted by Gasteiger charge is 2.50. The summed E-state index contributed by atoms with van der Waals surface area (Å²) in [5, 5.41) is 0. The maximum absolute atomic E-state index is 5.06. The van der Waals surface area contributed by atoms with E-state index in [2.05, 4.69) is 120 Å². The van der Waals surface area contributed by atoms with Gasteiger partial charge in [0, 0.05) is 27.1 Å². The van der Waals surface area contributed by atoms with Gasteiger partial charge in [-0.25, -0.2) is 15.0 Å². The van der Waals surface area contributed by atoms with Gasteiger partial charge < -0.3 is 0 Å². The van der Waals surface area contributed by atoms with Crippen LogP contribution in [0.15, 0.2) is 180 Å². The second-order valence-electron chi connectivity index (χ2n) is 12.6. The molecular formula is C45H28N4S. The summed E-state index contributed by atoms with van der Waals surface area (Å²) in [5.41, 5.74) is 12.3. The van der Waals surface area contributed by atoms with Crippen LogP contribution in [-0.4, -0.2) is 19.9 Å². The molecule has 0 radical (unpaired) electrons. The van der Waals surface area contributed by atoms with Crippen molar-refractivity contribution in [2.75, 3.05) is 0 Å². The van der Waals surface area contributed by atoms with Gasteiger partial charge in [0.1, 0.15) is 5.69 Å². The highest BCUT2D eigenvalue weighted by molar-refractivity contribution is 7.99. The molecule has 234 valence electrons. The van der Waals surface area contributed by atoms with Crippen LogP contribution in [0.25, 0.3) is 56.5 Å². The zero-order valence-electron chi connectivity index (χ0n) is 26.9. The Morgan fingerprint density at radius 2 is 0.960 bits per heavy atom. The Hall–Kier alpha value is -6.17. The molecule has 0 atom stereocenters. The molecule has 2 aliphatic rings. The molecule has 8 aromatic rings. The van der Waals surface area contributed by atoms with Crippen molar-refractivity contribution in [2.45, 2.75) is 15.2 Å². The summed E-state index contributed by atoms with van der Waals surface area (Å²) in [4.78, 5) is 22.1. The number of hydrogen-bond donors (Lipinski definition) is 0. The quantitative estimate of drug-likeness (QED) is 0.189. The summed E-state index contributed by atoms with van der Waals surface area (Å²) in [6.45, 7) is 0. The molecule has 10 rings (SSSR count). The van der Waals surface area contributed by atoms with Gasteiger partial charge in [-0.2, -0.15) is 0 Å². The van der Waals surface area contributed by atoms with Gasteiger partial charge >= 0.3 is 0 Å². The van der Waals surface area contributed by atoms with Crippen molar-refractivity contribution < 1.29 is 0 Å². The number of pyridine rings is 1. The minimum absolute atomic E-state index is 0.404. The van der Waals surface area contributed by atoms with E-state index in [1.807, 2.05) is 60.3 Å². The van der Waals surface area contributed by atoms with Crippen molar-refractivity contribution in [3.05, 3.63) is 192 Å². The Labute approximate surface area is 294 Å². The van der Waals surface area contributed by atoms with Crippen LogP contribution in [0.3, 0.4) is 0 Å². The molecule has 2 aromatic heterocycles. The molecule has 0 N–H and O–H groups in total. The van der Waals surface area contributed by atoms with Crippen LogP contribution in [-0.2, 0) is 5.41 Å². The topological polar surface area (TPSA) is 51.6 Å². The first-order valence-electron chi connectivity index (χ1n) is 16.7. The summed E-state index contributed by atoms with van der Waals surface area (Å²) in [6.07, 6.45) is 1.77. The molecule has 6 aromatic carbocycles. The zero-order valence-corrected chi connectivity index (χ0v) is 27.7. The van der Waals surface area contributed by atoms with Gasteiger partial charge in [0.25, 0.3) is 0 Å². The largest absolute Gasteiger partial charge is 0.253 e. The molecular weight excluding hydrogens is 629 g/mol. The highest BCUT2D eigenvalue weighted by atomic mass is 32.2. The van der Waals surface area contributed by atoms with E-state index in [-0.39, 0.29) is 0 Å². The van der Waals surface area contributed by atoms with E-state index >= 15 is 0 Å². The van der Waals surface area contributed by atoms with Gasteiger partial charge in [0.05, 0.1) is 5.41 Å². The van der Waals surface area contributed by atoms with Gasteiger partial charge in [-0.1, -0.05) is 151 Å². The van der Waals surface area contributed by atoms with E-state index in [9.17, 15) is 0 Å². The molecule has 0 saturated carbocycles. The van der Waals surface area contributed by atoms with Crippen LogP contribution < -0.4 is 0 Å². The maximum Gasteiger partial charge on any atom is 0.182 e. The number of hydrogen-bond acceptors (Lipinski definition) is 5. The first kappa shape index (κ1) is 28.8. The fourth-order valence-corrected chi connectivity index (χ4v) is 9.01. The van der Waals surface area contributed by atoms with Crippen LogP contribution >= 0.6 is 11.8 Å². The predicted octanol–water partition coefficient (Wildman–Crippen LogP) is 10.8. The van der Waals surface area contributed by atoms with Crippen molar-refractivity contribution >= 4 is 11.8 Å². The summed E-state index contributed by atoms with van der Waals surface area (Å²) >= 11 is 1.85. The van der Waals surface area contributed by atoms with Crippen LogP contribution in [0.4, 0.5) is 0 Å². The SMILES string of the molecule is c1ccc(-c2nc(-c3ccccn3)nc(-c3ccccc3-c3ccc4c(c3)Sc3ccccc3C43c4ccccc4-c4ccccc43)n2)cc1.